The minimum absolute atomic E-state index is 0.00283. The number of anilines is 1. The number of carbonyl (C=O) groups is 3. The van der Waals surface area contributed by atoms with Crippen molar-refractivity contribution in [3.63, 3.8) is 0 Å². The van der Waals surface area contributed by atoms with E-state index >= 15 is 4.79 Å². The fourth-order valence-electron chi connectivity index (χ4n) is 12.6. The molecule has 4 N–H and O–H groups in total. The average Bonchev–Trinajstić information content (AvgIpc) is 4.23. The molecule has 2 aromatic heterocycles. The van der Waals surface area contributed by atoms with Gasteiger partial charge in [0.05, 0.1) is 60.5 Å². The van der Waals surface area contributed by atoms with Gasteiger partial charge in [-0.1, -0.05) is 69.3 Å². The summed E-state index contributed by atoms with van der Waals surface area (Å²) >= 11 is 0. The topological polar surface area (TPSA) is 194 Å². The van der Waals surface area contributed by atoms with Gasteiger partial charge in [-0.25, -0.2) is 5.43 Å². The van der Waals surface area contributed by atoms with Crippen molar-refractivity contribution in [3.05, 3.63) is 119 Å². The summed E-state index contributed by atoms with van der Waals surface area (Å²) in [6, 6.07) is 21.9. The molecule has 1 aliphatic carbocycles. The number of aromatic hydroxyl groups is 1. The summed E-state index contributed by atoms with van der Waals surface area (Å²) in [6.45, 7) is 20.0. The molecule has 80 heavy (non-hydrogen) atoms. The smallest absolute Gasteiger partial charge is 0.346 e. The zero-order valence-corrected chi connectivity index (χ0v) is 47.5. The summed E-state index contributed by atoms with van der Waals surface area (Å²) in [4.78, 5) is 68.8. The highest BCUT2D eigenvalue weighted by Gasteiger charge is 2.54. The summed E-state index contributed by atoms with van der Waals surface area (Å²) < 4.78 is 20.5. The third-order valence-corrected chi connectivity index (χ3v) is 17.4. The molecular weight excluding hydrogens is 1010 g/mol. The van der Waals surface area contributed by atoms with Crippen molar-refractivity contribution >= 4 is 34.4 Å². The standard InChI is InChI=1S/C62H79N9O9/c1-9-38(3)56(66(7)71(77)60-52(36-79-60)41-15-12-11-13-16-41)58(74)64-33-44-26-40-25-43(28-47(73)27-40)42-17-18-53-49(29-42)51(32-62(5,6)37-80-61(76)55-48-30-45(48)35-70(65-55)59(44)75)57(69(53)10-2)50-31-46(34-63-54(50)39(4)78-8)68-22-20-67(21-23-68)19-14-24-72/h9,11-13,15-18,25,27-29,31,34,38-39,44-45,48,52,55-56,60,65,72H,1,10,14,19-24,26,30,32-33,35-37H2,2-8H3,(H-,64,73,74)/p+1/t38-,39+,44?,45?,48+,52-,55+,56+,60-/m1/s1. The van der Waals surface area contributed by atoms with E-state index in [0.717, 1.165) is 106 Å². The molecule has 3 aromatic carbocycles. The number of amides is 2. The Labute approximate surface area is 469 Å². The van der Waals surface area contributed by atoms with Gasteiger partial charge in [-0.3, -0.25) is 29.3 Å². The number of esters is 1. The van der Waals surface area contributed by atoms with Crippen LogP contribution in [0.2, 0.25) is 0 Å². The molecule has 5 aromatic rings. The Kier molecular flexibility index (Phi) is 16.8. The van der Waals surface area contributed by atoms with Gasteiger partial charge in [0, 0.05) is 93.9 Å². The number of piperazine rings is 1. The quantitative estimate of drug-likeness (QED) is 0.0321. The number of cyclic esters (lactones) is 1. The highest BCUT2D eigenvalue weighted by molar-refractivity contribution is 5.96. The number of hydrogen-bond donors (Lipinski definition) is 4. The number of nitrogens with zero attached hydrogens (tertiary/aromatic N) is 7. The van der Waals surface area contributed by atoms with Gasteiger partial charge in [-0.2, -0.15) is 0 Å². The Morgan fingerprint density at radius 2 is 1.84 bits per heavy atom. The fraction of sp³-hybridized carbons (Fsp3) is 0.516. The van der Waals surface area contributed by atoms with E-state index in [1.54, 1.807) is 32.4 Å². The molecule has 9 atom stereocenters. The fourth-order valence-corrected chi connectivity index (χ4v) is 12.6. The maximum atomic E-state index is 15.1. The maximum Gasteiger partial charge on any atom is 0.346 e. The minimum atomic E-state index is -1.00. The number of nitrogens with one attached hydrogen (secondary N) is 2. The first-order valence-corrected chi connectivity index (χ1v) is 28.6. The molecule has 2 amide bonds. The van der Waals surface area contributed by atoms with Crippen LogP contribution in [0, 0.1) is 34.0 Å². The molecule has 4 aliphatic heterocycles. The number of fused-ring (bicyclic) bond motifs is 8. The lowest BCUT2D eigenvalue weighted by Crippen LogP contribution is -2.60. The van der Waals surface area contributed by atoms with Crippen molar-refractivity contribution in [2.45, 2.75) is 97.2 Å². The second-order valence-corrected chi connectivity index (χ2v) is 23.6. The van der Waals surface area contributed by atoms with Crippen LogP contribution in [0.25, 0.3) is 33.3 Å². The zero-order chi connectivity index (χ0) is 56.6. The van der Waals surface area contributed by atoms with E-state index < -0.39 is 47.4 Å². The number of methoxy groups -OCH3 is 1. The third-order valence-electron chi connectivity index (χ3n) is 17.4. The van der Waals surface area contributed by atoms with Gasteiger partial charge >= 0.3 is 12.2 Å². The van der Waals surface area contributed by atoms with Crippen molar-refractivity contribution in [2.24, 2.45) is 29.1 Å². The lowest BCUT2D eigenvalue weighted by atomic mass is 9.84. The molecule has 426 valence electrons. The first-order valence-electron chi connectivity index (χ1n) is 28.6. The minimum Gasteiger partial charge on any atom is -0.508 e. The normalized spacial score (nSPS) is 24.1. The molecular formula is C62H80N9O9+. The number of benzene rings is 3. The van der Waals surface area contributed by atoms with Gasteiger partial charge in [0.2, 0.25) is 11.8 Å². The van der Waals surface area contributed by atoms with E-state index in [1.165, 1.54) is 10.0 Å². The Hall–Kier alpha value is -6.70. The van der Waals surface area contributed by atoms with Crippen LogP contribution in [0.5, 0.6) is 5.75 Å². The second-order valence-electron chi connectivity index (χ2n) is 23.6. The molecule has 1 saturated carbocycles. The number of carbonyl (C=O) groups excluding carboxylic acids is 3. The number of aromatic nitrogens is 2. The number of aliphatic hydroxyl groups is 1. The van der Waals surface area contributed by atoms with Gasteiger partial charge in [-0.15, -0.1) is 11.6 Å². The lowest BCUT2D eigenvalue weighted by molar-refractivity contribution is -0.780. The molecule has 18 nitrogen and oxygen atoms in total. The summed E-state index contributed by atoms with van der Waals surface area (Å²) in [5.41, 5.74) is 11.8. The van der Waals surface area contributed by atoms with Crippen molar-refractivity contribution in [1.29, 1.82) is 0 Å². The number of aryl methyl sites for hydroxylation is 1. The number of hydrazine groups is 2. The number of likely N-dealkylation sites (N-methyl/N-ethyl adjacent to an activating group) is 1. The number of aliphatic hydroxyl groups excluding tert-OH is 1. The van der Waals surface area contributed by atoms with Gasteiger partial charge < -0.3 is 39.2 Å². The molecule has 0 spiro atoms. The summed E-state index contributed by atoms with van der Waals surface area (Å²) in [6.07, 6.45) is 4.57. The number of phenols is 1. The lowest BCUT2D eigenvalue weighted by Gasteiger charge is -2.36. The van der Waals surface area contributed by atoms with Crippen molar-refractivity contribution in [3.8, 4) is 28.1 Å². The number of ether oxygens (including phenoxy) is 3. The highest BCUT2D eigenvalue weighted by Crippen LogP contribution is 2.47. The molecule has 6 heterocycles. The molecule has 4 fully saturated rings. The Balaban J connectivity index is 1.02. The number of rotatable bonds is 17. The van der Waals surface area contributed by atoms with Crippen LogP contribution in [0.4, 0.5) is 5.69 Å². The third kappa shape index (κ3) is 11.6. The van der Waals surface area contributed by atoms with Crippen molar-refractivity contribution in [1.82, 2.24) is 35.2 Å². The molecule has 6 bridgehead atoms. The van der Waals surface area contributed by atoms with Crippen LogP contribution in [0.3, 0.4) is 0 Å². The van der Waals surface area contributed by atoms with E-state index in [0.29, 0.717) is 31.7 Å². The first-order chi connectivity index (χ1) is 38.5. The van der Waals surface area contributed by atoms with E-state index in [1.807, 2.05) is 56.4 Å². The predicted molar refractivity (Wildman–Crippen MR) is 306 cm³/mol. The molecule has 2 unspecified atom stereocenters. The monoisotopic (exact) mass is 1090 g/mol. The largest absolute Gasteiger partial charge is 0.508 e. The van der Waals surface area contributed by atoms with Crippen LogP contribution in [0.1, 0.15) is 81.9 Å². The van der Waals surface area contributed by atoms with Crippen LogP contribution >= 0.6 is 0 Å². The number of pyridine rings is 1. The maximum absolute atomic E-state index is 15.1. The first kappa shape index (κ1) is 56.6. The number of nitroso groups, excluding NO2 is 1. The molecule has 18 heteroatoms. The molecule has 3 saturated heterocycles. The van der Waals surface area contributed by atoms with Crippen LogP contribution in [0.15, 0.2) is 91.6 Å². The zero-order valence-electron chi connectivity index (χ0n) is 47.5. The van der Waals surface area contributed by atoms with Crippen molar-refractivity contribution in [2.75, 3.05) is 84.7 Å². The SMILES string of the molecule is C=C[C@@H](C)[C@@H](C(=O)NCC1Cc2cc(O)cc(c2)-c2ccc3c(c2)c(c(-c2cc(N4CCN(CCCO)CC4)cnc2[C@H](C)OC)n3CC)CC(C)(C)COC(=O)[C@H]2NN(CC3C[C@@H]32)C1=O)N(C)[N+](=O)[C@@H]1OC[C@@H]1c1ccccc1. The van der Waals surface area contributed by atoms with Gasteiger partial charge in [0.15, 0.2) is 10.9 Å². The average molecular weight is 1100 g/mol. The summed E-state index contributed by atoms with van der Waals surface area (Å²) in [5.74, 6) is -2.65. The Morgan fingerprint density at radius 1 is 1.06 bits per heavy atom. The van der Waals surface area contributed by atoms with Crippen LogP contribution < -0.4 is 15.6 Å². The Bertz CT molecular complexity index is 3100. The predicted octanol–water partition coefficient (Wildman–Crippen LogP) is 7.02. The van der Waals surface area contributed by atoms with Gasteiger partial charge in [0.1, 0.15) is 17.7 Å². The molecule has 10 rings (SSSR count). The molecule has 0 radical (unpaired) electrons. The van der Waals surface area contributed by atoms with E-state index in [4.69, 9.17) is 19.2 Å². The Morgan fingerprint density at radius 3 is 2.54 bits per heavy atom. The highest BCUT2D eigenvalue weighted by atomic mass is 16.6. The summed E-state index contributed by atoms with van der Waals surface area (Å²) in [7, 11) is 3.27. The second kappa shape index (κ2) is 23.8. The van der Waals surface area contributed by atoms with Crippen LogP contribution in [-0.2, 0) is 48.0 Å². The van der Waals surface area contributed by atoms with Gasteiger partial charge in [-0.05, 0) is 110 Å². The van der Waals surface area contributed by atoms with E-state index in [-0.39, 0.29) is 61.7 Å². The van der Waals surface area contributed by atoms with Crippen LogP contribution in [-0.4, -0.2) is 155 Å². The number of hydrogen-bond acceptors (Lipinski definition) is 13. The summed E-state index contributed by atoms with van der Waals surface area (Å²) in [5, 5.41) is 28.0. The van der Waals surface area contributed by atoms with Crippen molar-refractivity contribution < 1.29 is 43.7 Å². The van der Waals surface area contributed by atoms with E-state index in [2.05, 4.69) is 76.7 Å². The molecule has 5 aliphatic rings. The number of phenolic OH excluding ortho intramolecular Hbond substituents is 1. The van der Waals surface area contributed by atoms with E-state index in [9.17, 15) is 24.7 Å². The van der Waals surface area contributed by atoms with Gasteiger partial charge in [0.25, 0.3) is 0 Å².